The van der Waals surface area contributed by atoms with Crippen LogP contribution in [0.25, 0.3) is 0 Å². The summed E-state index contributed by atoms with van der Waals surface area (Å²) < 4.78 is 0. The number of carboxylic acids is 1. The largest absolute Gasteiger partial charge is 0.481 e. The van der Waals surface area contributed by atoms with Crippen LogP contribution in [0.3, 0.4) is 0 Å². The van der Waals surface area contributed by atoms with Crippen LogP contribution in [0.1, 0.15) is 47.5 Å². The SMILES string of the molecule is CN1CC(CCC(=O)O)N(C(C)(C)C)CC1(C)C. The quantitative estimate of drug-likeness (QED) is 0.839. The molecular formula is C14H28N2O2. The van der Waals surface area contributed by atoms with Crippen molar-refractivity contribution in [3.8, 4) is 0 Å². The van der Waals surface area contributed by atoms with Crippen LogP contribution in [0.4, 0.5) is 0 Å². The molecule has 1 aliphatic heterocycles. The van der Waals surface area contributed by atoms with Crippen molar-refractivity contribution in [2.75, 3.05) is 20.1 Å². The number of carboxylic acid groups (broad SMARTS) is 1. The van der Waals surface area contributed by atoms with Crippen molar-refractivity contribution in [1.82, 2.24) is 9.80 Å². The van der Waals surface area contributed by atoms with Gasteiger partial charge in [-0.15, -0.1) is 0 Å². The fourth-order valence-electron chi connectivity index (χ4n) is 2.65. The van der Waals surface area contributed by atoms with Crippen molar-refractivity contribution in [2.45, 2.75) is 64.6 Å². The van der Waals surface area contributed by atoms with Crippen LogP contribution in [0.15, 0.2) is 0 Å². The minimum Gasteiger partial charge on any atom is -0.481 e. The Balaban J connectivity index is 2.82. The van der Waals surface area contributed by atoms with Gasteiger partial charge in [-0.2, -0.15) is 0 Å². The topological polar surface area (TPSA) is 43.8 Å². The highest BCUT2D eigenvalue weighted by atomic mass is 16.4. The van der Waals surface area contributed by atoms with Crippen LogP contribution in [-0.4, -0.2) is 58.1 Å². The van der Waals surface area contributed by atoms with Gasteiger partial charge < -0.3 is 5.11 Å². The van der Waals surface area contributed by atoms with Crippen LogP contribution in [0, 0.1) is 0 Å². The lowest BCUT2D eigenvalue weighted by atomic mass is 9.89. The minimum atomic E-state index is -0.698. The Hall–Kier alpha value is -0.610. The molecule has 1 saturated heterocycles. The van der Waals surface area contributed by atoms with Gasteiger partial charge in [0.05, 0.1) is 0 Å². The summed E-state index contributed by atoms with van der Waals surface area (Å²) in [6, 6.07) is 0.333. The molecule has 1 heterocycles. The second kappa shape index (κ2) is 5.17. The van der Waals surface area contributed by atoms with Crippen molar-refractivity contribution < 1.29 is 9.90 Å². The number of nitrogens with zero attached hydrogens (tertiary/aromatic N) is 2. The molecule has 106 valence electrons. The van der Waals surface area contributed by atoms with E-state index in [1.807, 2.05) is 0 Å². The average Bonchev–Trinajstić information content (AvgIpc) is 2.17. The average molecular weight is 256 g/mol. The second-order valence-corrected chi connectivity index (χ2v) is 7.08. The summed E-state index contributed by atoms with van der Waals surface area (Å²) >= 11 is 0. The lowest BCUT2D eigenvalue weighted by molar-refractivity contribution is -0.138. The maximum absolute atomic E-state index is 10.8. The Bertz CT molecular complexity index is 307. The molecule has 4 nitrogen and oxygen atoms in total. The fraction of sp³-hybridized carbons (Fsp3) is 0.929. The van der Waals surface area contributed by atoms with Gasteiger partial charge in [-0.05, 0) is 48.1 Å². The summed E-state index contributed by atoms with van der Waals surface area (Å²) in [5.41, 5.74) is 0.231. The van der Waals surface area contributed by atoms with E-state index in [0.29, 0.717) is 6.04 Å². The summed E-state index contributed by atoms with van der Waals surface area (Å²) in [7, 11) is 2.13. The first-order chi connectivity index (χ1) is 8.04. The van der Waals surface area contributed by atoms with Crippen molar-refractivity contribution >= 4 is 5.97 Å². The van der Waals surface area contributed by atoms with E-state index in [0.717, 1.165) is 19.5 Å². The molecule has 0 aromatic carbocycles. The number of carbonyl (C=O) groups is 1. The Morgan fingerprint density at radius 2 is 1.94 bits per heavy atom. The van der Waals surface area contributed by atoms with Crippen molar-refractivity contribution in [3.63, 3.8) is 0 Å². The maximum atomic E-state index is 10.8. The molecule has 0 spiro atoms. The van der Waals surface area contributed by atoms with E-state index >= 15 is 0 Å². The highest BCUT2D eigenvalue weighted by Crippen LogP contribution is 2.30. The normalized spacial score (nSPS) is 26.2. The van der Waals surface area contributed by atoms with Crippen LogP contribution < -0.4 is 0 Å². The highest BCUT2D eigenvalue weighted by molar-refractivity contribution is 5.66. The smallest absolute Gasteiger partial charge is 0.303 e. The molecule has 1 atom stereocenters. The zero-order valence-electron chi connectivity index (χ0n) is 12.7. The number of rotatable bonds is 3. The zero-order valence-corrected chi connectivity index (χ0v) is 12.7. The van der Waals surface area contributed by atoms with E-state index in [-0.39, 0.29) is 17.5 Å². The number of piperazine rings is 1. The third-order valence-electron chi connectivity index (χ3n) is 4.07. The van der Waals surface area contributed by atoms with E-state index in [1.165, 1.54) is 0 Å². The molecule has 1 unspecified atom stereocenters. The van der Waals surface area contributed by atoms with E-state index in [9.17, 15) is 4.79 Å². The van der Waals surface area contributed by atoms with E-state index in [1.54, 1.807) is 0 Å². The Morgan fingerprint density at radius 3 is 2.39 bits per heavy atom. The molecule has 1 rings (SSSR count). The third kappa shape index (κ3) is 3.69. The summed E-state index contributed by atoms with van der Waals surface area (Å²) in [4.78, 5) is 15.6. The minimum absolute atomic E-state index is 0.0850. The van der Waals surface area contributed by atoms with Gasteiger partial charge in [-0.3, -0.25) is 14.6 Å². The monoisotopic (exact) mass is 256 g/mol. The van der Waals surface area contributed by atoms with Gasteiger partial charge in [0, 0.05) is 36.6 Å². The van der Waals surface area contributed by atoms with Gasteiger partial charge in [0.2, 0.25) is 0 Å². The highest BCUT2D eigenvalue weighted by Gasteiger charge is 2.41. The first-order valence-corrected chi connectivity index (χ1v) is 6.74. The number of hydrogen-bond donors (Lipinski definition) is 1. The van der Waals surface area contributed by atoms with Gasteiger partial charge in [0.1, 0.15) is 0 Å². The molecule has 1 N–H and O–H groups in total. The zero-order chi connectivity index (χ0) is 14.1. The van der Waals surface area contributed by atoms with Crippen LogP contribution >= 0.6 is 0 Å². The molecule has 0 aliphatic carbocycles. The second-order valence-electron chi connectivity index (χ2n) is 7.08. The number of hydrogen-bond acceptors (Lipinski definition) is 3. The molecule has 1 fully saturated rings. The van der Waals surface area contributed by atoms with Gasteiger partial charge >= 0.3 is 5.97 Å². The number of likely N-dealkylation sites (N-methyl/N-ethyl adjacent to an activating group) is 1. The number of aliphatic carboxylic acids is 1. The van der Waals surface area contributed by atoms with E-state index in [4.69, 9.17) is 5.11 Å². The molecule has 0 bridgehead atoms. The van der Waals surface area contributed by atoms with Crippen molar-refractivity contribution in [1.29, 1.82) is 0 Å². The summed E-state index contributed by atoms with van der Waals surface area (Å²) in [5.74, 6) is -0.698. The molecule has 4 heteroatoms. The first-order valence-electron chi connectivity index (χ1n) is 6.74. The van der Waals surface area contributed by atoms with Crippen LogP contribution in [0.2, 0.25) is 0 Å². The predicted molar refractivity (Wildman–Crippen MR) is 73.8 cm³/mol. The predicted octanol–water partition coefficient (Wildman–Crippen LogP) is 2.04. The maximum Gasteiger partial charge on any atom is 0.303 e. The Labute approximate surface area is 111 Å². The lowest BCUT2D eigenvalue weighted by Gasteiger charge is -2.54. The van der Waals surface area contributed by atoms with Crippen molar-refractivity contribution in [3.05, 3.63) is 0 Å². The molecule has 0 aromatic heterocycles. The molecule has 1 aliphatic rings. The molecule has 0 aromatic rings. The van der Waals surface area contributed by atoms with E-state index in [2.05, 4.69) is 51.5 Å². The lowest BCUT2D eigenvalue weighted by Crippen LogP contribution is -2.66. The molecule has 0 saturated carbocycles. The van der Waals surface area contributed by atoms with Gasteiger partial charge in [-0.1, -0.05) is 0 Å². The standard InChI is InChI=1S/C14H28N2O2/c1-13(2,3)16-10-14(4,5)15(6)9-11(16)7-8-12(17)18/h11H,7-10H2,1-6H3,(H,17,18). The molecule has 0 amide bonds. The van der Waals surface area contributed by atoms with Crippen LogP contribution in [-0.2, 0) is 4.79 Å². The fourth-order valence-corrected chi connectivity index (χ4v) is 2.65. The Morgan fingerprint density at radius 1 is 1.39 bits per heavy atom. The van der Waals surface area contributed by atoms with E-state index < -0.39 is 5.97 Å². The van der Waals surface area contributed by atoms with Gasteiger partial charge in [-0.25, -0.2) is 0 Å². The Kier molecular flexibility index (Phi) is 4.44. The van der Waals surface area contributed by atoms with Gasteiger partial charge in [0.25, 0.3) is 0 Å². The van der Waals surface area contributed by atoms with Crippen molar-refractivity contribution in [2.24, 2.45) is 0 Å². The summed E-state index contributed by atoms with van der Waals surface area (Å²) in [6.45, 7) is 13.1. The van der Waals surface area contributed by atoms with Crippen LogP contribution in [0.5, 0.6) is 0 Å². The third-order valence-corrected chi connectivity index (χ3v) is 4.07. The molecular weight excluding hydrogens is 228 g/mol. The van der Waals surface area contributed by atoms with Gasteiger partial charge in [0.15, 0.2) is 0 Å². The first kappa shape index (κ1) is 15.4. The molecule has 0 radical (unpaired) electrons. The summed E-state index contributed by atoms with van der Waals surface area (Å²) in [5, 5.41) is 8.87. The molecule has 18 heavy (non-hydrogen) atoms. The summed E-state index contributed by atoms with van der Waals surface area (Å²) in [6.07, 6.45) is 0.985.